The molecule has 0 saturated heterocycles. The van der Waals surface area contributed by atoms with E-state index in [1.165, 1.54) is 17.0 Å². The first-order valence-electron chi connectivity index (χ1n) is 8.35. The number of nitrogens with one attached hydrogen (secondary N) is 2. The summed E-state index contributed by atoms with van der Waals surface area (Å²) in [6.07, 6.45) is -0.334. The molecule has 1 aliphatic carbocycles. The van der Waals surface area contributed by atoms with Crippen LogP contribution in [-0.2, 0) is 6.18 Å². The summed E-state index contributed by atoms with van der Waals surface area (Å²) in [5, 5.41) is 13.6. The van der Waals surface area contributed by atoms with E-state index in [1.807, 2.05) is 42.5 Å². The second kappa shape index (κ2) is 6.16. The van der Waals surface area contributed by atoms with Gasteiger partial charge in [-0.15, -0.1) is 0 Å². The number of guanidine groups is 1. The summed E-state index contributed by atoms with van der Waals surface area (Å²) < 4.78 is 38.1. The number of nitrogens with zero attached hydrogens (tertiary/aromatic N) is 1. The number of alkyl halides is 3. The zero-order valence-electron chi connectivity index (χ0n) is 14.4. The lowest BCUT2D eigenvalue weighted by Gasteiger charge is -2.22. The first kappa shape index (κ1) is 17.1. The summed E-state index contributed by atoms with van der Waals surface area (Å²) in [6, 6.07) is 14.7. The zero-order valence-corrected chi connectivity index (χ0v) is 14.4. The van der Waals surface area contributed by atoms with E-state index < -0.39 is 11.7 Å². The van der Waals surface area contributed by atoms with Crippen molar-refractivity contribution in [2.75, 3.05) is 17.3 Å². The second-order valence-corrected chi connectivity index (χ2v) is 6.38. The molecule has 3 aromatic rings. The molecule has 0 unspecified atom stereocenters. The predicted octanol–water partition coefficient (Wildman–Crippen LogP) is 5.83. The summed E-state index contributed by atoms with van der Waals surface area (Å²) >= 11 is 0. The molecule has 0 radical (unpaired) electrons. The zero-order chi connectivity index (χ0) is 19.2. The van der Waals surface area contributed by atoms with Gasteiger partial charge in [0.2, 0.25) is 0 Å². The Bertz CT molecular complexity index is 1070. The summed E-state index contributed by atoms with van der Waals surface area (Å²) in [5.41, 5.74) is 2.71. The summed E-state index contributed by atoms with van der Waals surface area (Å²) in [6.45, 7) is 0. The molecule has 0 aromatic heterocycles. The van der Waals surface area contributed by atoms with Crippen LogP contribution in [0.1, 0.15) is 16.7 Å². The third-order valence-electron chi connectivity index (χ3n) is 4.72. The first-order chi connectivity index (χ1) is 12.8. The molecule has 3 aromatic carbocycles. The molecule has 6 heteroatoms. The molecule has 0 aliphatic heterocycles. The maximum absolute atomic E-state index is 12.7. The molecule has 136 valence electrons. The molecule has 2 N–H and O–H groups in total. The number of halogens is 3. The third kappa shape index (κ3) is 3.03. The highest BCUT2D eigenvalue weighted by Gasteiger charge is 2.30. The van der Waals surface area contributed by atoms with Gasteiger partial charge >= 0.3 is 6.18 Å². The van der Waals surface area contributed by atoms with Crippen LogP contribution in [0.25, 0.3) is 22.9 Å². The van der Waals surface area contributed by atoms with Gasteiger partial charge in [-0.1, -0.05) is 36.4 Å². The Labute approximate surface area is 154 Å². The largest absolute Gasteiger partial charge is 0.416 e. The molecule has 4 rings (SSSR count). The molecule has 0 saturated carbocycles. The maximum Gasteiger partial charge on any atom is 0.416 e. The number of benzene rings is 3. The molecular formula is C21H16F3N3. The average Bonchev–Trinajstić information content (AvgIpc) is 3.09. The summed E-state index contributed by atoms with van der Waals surface area (Å²) in [7, 11) is 1.64. The molecule has 0 bridgehead atoms. The third-order valence-corrected chi connectivity index (χ3v) is 4.72. The number of hydrogen-bond donors (Lipinski definition) is 2. The fourth-order valence-corrected chi connectivity index (χ4v) is 3.24. The van der Waals surface area contributed by atoms with Crippen LogP contribution in [0.15, 0.2) is 54.6 Å². The van der Waals surface area contributed by atoms with Crippen molar-refractivity contribution in [2.24, 2.45) is 0 Å². The highest BCUT2D eigenvalue weighted by Crippen LogP contribution is 2.36. The number of anilines is 2. The lowest BCUT2D eigenvalue weighted by molar-refractivity contribution is -0.137. The molecular weight excluding hydrogens is 351 g/mol. The van der Waals surface area contributed by atoms with Gasteiger partial charge in [0.1, 0.15) is 0 Å². The standard InChI is InChI=1S/C21H16F3N3/c1-27(16-9-7-15(8-10-16)21(22,23)24)20(25)26-18-12-6-14-4-2-3-13-5-11-17(18)19(13)14/h2-12H,1H3,(H2,25,26). The van der Waals surface area contributed by atoms with E-state index >= 15 is 0 Å². The van der Waals surface area contributed by atoms with E-state index in [-0.39, 0.29) is 5.96 Å². The normalized spacial score (nSPS) is 12.4. The van der Waals surface area contributed by atoms with Crippen molar-refractivity contribution in [3.63, 3.8) is 0 Å². The van der Waals surface area contributed by atoms with Gasteiger partial charge in [0.05, 0.1) is 5.56 Å². The van der Waals surface area contributed by atoms with Gasteiger partial charge in [-0.25, -0.2) is 0 Å². The molecule has 0 spiro atoms. The monoisotopic (exact) mass is 367 g/mol. The van der Waals surface area contributed by atoms with Crippen molar-refractivity contribution >= 4 is 40.3 Å². The number of hydrogen-bond acceptors (Lipinski definition) is 1. The fraction of sp³-hybridized carbons (Fsp3) is 0.0952. The quantitative estimate of drug-likeness (QED) is 0.346. The van der Waals surface area contributed by atoms with Crippen molar-refractivity contribution in [3.05, 3.63) is 71.3 Å². The lowest BCUT2D eigenvalue weighted by Crippen LogP contribution is -2.32. The minimum atomic E-state index is -4.37. The molecule has 0 amide bonds. The van der Waals surface area contributed by atoms with Crippen LogP contribution in [0.4, 0.5) is 24.5 Å². The van der Waals surface area contributed by atoms with Crippen LogP contribution >= 0.6 is 0 Å². The van der Waals surface area contributed by atoms with Gasteiger partial charge < -0.3 is 10.2 Å². The fourth-order valence-electron chi connectivity index (χ4n) is 3.24. The maximum atomic E-state index is 12.7. The van der Waals surface area contributed by atoms with Crippen LogP contribution in [0.2, 0.25) is 0 Å². The molecule has 0 fully saturated rings. The molecule has 1 aliphatic rings. The van der Waals surface area contributed by atoms with E-state index in [2.05, 4.69) is 5.32 Å². The Morgan fingerprint density at radius 2 is 1.70 bits per heavy atom. The Morgan fingerprint density at radius 1 is 0.963 bits per heavy atom. The van der Waals surface area contributed by atoms with Gasteiger partial charge in [-0.05, 0) is 46.7 Å². The van der Waals surface area contributed by atoms with Crippen LogP contribution < -0.4 is 10.2 Å². The van der Waals surface area contributed by atoms with Gasteiger partial charge in [0.15, 0.2) is 5.96 Å². The highest BCUT2D eigenvalue weighted by molar-refractivity contribution is 6.12. The van der Waals surface area contributed by atoms with Crippen LogP contribution in [0, 0.1) is 5.41 Å². The summed E-state index contributed by atoms with van der Waals surface area (Å²) in [4.78, 5) is 1.50. The molecule has 3 nitrogen and oxygen atoms in total. The van der Waals surface area contributed by atoms with Crippen molar-refractivity contribution in [3.8, 4) is 0 Å². The minimum Gasteiger partial charge on any atom is -0.326 e. The lowest BCUT2D eigenvalue weighted by atomic mass is 10.0. The Balaban J connectivity index is 1.58. The highest BCUT2D eigenvalue weighted by atomic mass is 19.4. The minimum absolute atomic E-state index is 0.0724. The Morgan fingerprint density at radius 3 is 2.41 bits per heavy atom. The van der Waals surface area contributed by atoms with Crippen molar-refractivity contribution in [1.29, 1.82) is 5.41 Å². The van der Waals surface area contributed by atoms with Crippen molar-refractivity contribution in [1.82, 2.24) is 0 Å². The smallest absolute Gasteiger partial charge is 0.326 e. The predicted molar refractivity (Wildman–Crippen MR) is 104 cm³/mol. The average molecular weight is 367 g/mol. The topological polar surface area (TPSA) is 39.1 Å². The van der Waals surface area contributed by atoms with Gasteiger partial charge in [0.25, 0.3) is 0 Å². The van der Waals surface area contributed by atoms with E-state index in [9.17, 15) is 13.2 Å². The van der Waals surface area contributed by atoms with Crippen molar-refractivity contribution < 1.29 is 13.2 Å². The number of rotatable bonds is 2. The van der Waals surface area contributed by atoms with E-state index in [1.54, 1.807) is 7.05 Å². The van der Waals surface area contributed by atoms with E-state index in [0.29, 0.717) is 5.69 Å². The molecule has 27 heavy (non-hydrogen) atoms. The van der Waals surface area contributed by atoms with Crippen molar-refractivity contribution in [2.45, 2.75) is 6.18 Å². The molecule has 0 atom stereocenters. The van der Waals surface area contributed by atoms with Crippen LogP contribution in [-0.4, -0.2) is 13.0 Å². The van der Waals surface area contributed by atoms with Gasteiger partial charge in [-0.2, -0.15) is 13.2 Å². The summed E-state index contributed by atoms with van der Waals surface area (Å²) in [5.74, 6) is 0.0724. The van der Waals surface area contributed by atoms with Gasteiger partial charge in [0, 0.05) is 24.0 Å². The Kier molecular flexibility index (Phi) is 3.91. The first-order valence-corrected chi connectivity index (χ1v) is 8.35. The SMILES string of the molecule is CN(C(=N)Nc1ccc2cccc3c2c1C=C3)c1ccc(C(F)(F)F)cc1. The second-order valence-electron chi connectivity index (χ2n) is 6.38. The molecule has 0 heterocycles. The van der Waals surface area contributed by atoms with Crippen LogP contribution in [0.3, 0.4) is 0 Å². The van der Waals surface area contributed by atoms with Crippen LogP contribution in [0.5, 0.6) is 0 Å². The van der Waals surface area contributed by atoms with Gasteiger partial charge in [-0.3, -0.25) is 5.41 Å². The Hall–Kier alpha value is -3.28. The van der Waals surface area contributed by atoms with E-state index in [0.717, 1.165) is 39.7 Å². The van der Waals surface area contributed by atoms with E-state index in [4.69, 9.17) is 5.41 Å².